The highest BCUT2D eigenvalue weighted by Gasteiger charge is 2.15. The maximum atomic E-state index is 12.3. The van der Waals surface area contributed by atoms with Crippen molar-refractivity contribution in [2.75, 3.05) is 12.3 Å². The Morgan fingerprint density at radius 3 is 2.73 bits per heavy atom. The Bertz CT molecular complexity index is 635. The zero-order chi connectivity index (χ0) is 15.8. The van der Waals surface area contributed by atoms with E-state index < -0.39 is 0 Å². The topological polar surface area (TPSA) is 57.2 Å². The molecule has 1 amide bonds. The van der Waals surface area contributed by atoms with E-state index in [1.54, 1.807) is 29.4 Å². The largest absolute Gasteiger partial charge is 0.467 e. The predicted octanol–water partition coefficient (Wildman–Crippen LogP) is 3.97. The Kier molecular flexibility index (Phi) is 6.38. The molecule has 1 heterocycles. The smallest absolute Gasteiger partial charge is 0.233 e. The number of rotatable bonds is 7. The third-order valence-corrected chi connectivity index (χ3v) is 4.20. The minimum Gasteiger partial charge on any atom is -0.467 e. The molecule has 1 aromatic heterocycles. The number of thioether (sulfide) groups is 1. The van der Waals surface area contributed by atoms with E-state index in [9.17, 15) is 4.79 Å². The van der Waals surface area contributed by atoms with Crippen LogP contribution in [0, 0.1) is 11.3 Å². The highest BCUT2D eigenvalue weighted by molar-refractivity contribution is 8.00. The van der Waals surface area contributed by atoms with Crippen molar-refractivity contribution >= 4 is 29.3 Å². The van der Waals surface area contributed by atoms with Crippen LogP contribution >= 0.6 is 23.4 Å². The van der Waals surface area contributed by atoms with Crippen molar-refractivity contribution in [1.29, 1.82) is 5.26 Å². The minimum absolute atomic E-state index is 0.0217. The summed E-state index contributed by atoms with van der Waals surface area (Å²) < 4.78 is 5.27. The number of nitrogens with zero attached hydrogens (tertiary/aromatic N) is 2. The van der Waals surface area contributed by atoms with Gasteiger partial charge in [0.05, 0.1) is 31.1 Å². The fourth-order valence-electron chi connectivity index (χ4n) is 1.83. The Labute approximate surface area is 138 Å². The van der Waals surface area contributed by atoms with Crippen LogP contribution in [0.1, 0.15) is 12.2 Å². The number of amides is 1. The Morgan fingerprint density at radius 2 is 2.09 bits per heavy atom. The van der Waals surface area contributed by atoms with E-state index in [4.69, 9.17) is 21.3 Å². The van der Waals surface area contributed by atoms with Crippen molar-refractivity contribution in [3.05, 3.63) is 53.4 Å². The van der Waals surface area contributed by atoms with E-state index in [0.29, 0.717) is 36.0 Å². The third-order valence-electron chi connectivity index (χ3n) is 2.95. The van der Waals surface area contributed by atoms with Gasteiger partial charge in [0, 0.05) is 16.5 Å². The number of carbonyl (C=O) groups excluding carboxylic acids is 1. The standard InChI is InChI=1S/C16H15ClN2O2S/c17-13-4-6-15(7-5-13)22-12-16(20)19(9-2-8-18)11-14-3-1-10-21-14/h1,3-7,10H,2,9,11-12H2. The molecule has 114 valence electrons. The van der Waals surface area contributed by atoms with E-state index in [1.807, 2.05) is 18.2 Å². The zero-order valence-corrected chi connectivity index (χ0v) is 13.4. The number of carbonyl (C=O) groups is 1. The van der Waals surface area contributed by atoms with Crippen molar-refractivity contribution in [2.24, 2.45) is 0 Å². The second-order valence-electron chi connectivity index (χ2n) is 4.55. The van der Waals surface area contributed by atoms with Gasteiger partial charge in [-0.15, -0.1) is 11.8 Å². The van der Waals surface area contributed by atoms with E-state index in [-0.39, 0.29) is 5.91 Å². The van der Waals surface area contributed by atoms with Gasteiger partial charge in [-0.25, -0.2) is 0 Å². The molecule has 0 unspecified atom stereocenters. The van der Waals surface area contributed by atoms with Gasteiger partial charge in [-0.05, 0) is 36.4 Å². The first-order chi connectivity index (χ1) is 10.7. The third kappa shape index (κ3) is 5.14. The summed E-state index contributed by atoms with van der Waals surface area (Å²) in [6, 6.07) is 13.0. The normalized spacial score (nSPS) is 10.2. The summed E-state index contributed by atoms with van der Waals surface area (Å²) >= 11 is 7.28. The maximum absolute atomic E-state index is 12.3. The van der Waals surface area contributed by atoms with Crippen molar-refractivity contribution in [2.45, 2.75) is 17.9 Å². The molecule has 0 aliphatic heterocycles. The Balaban J connectivity index is 1.92. The first-order valence-electron chi connectivity index (χ1n) is 6.74. The van der Waals surface area contributed by atoms with Crippen molar-refractivity contribution in [3.8, 4) is 6.07 Å². The van der Waals surface area contributed by atoms with Crippen molar-refractivity contribution in [1.82, 2.24) is 4.90 Å². The lowest BCUT2D eigenvalue weighted by molar-refractivity contribution is -0.129. The summed E-state index contributed by atoms with van der Waals surface area (Å²) in [5.41, 5.74) is 0. The lowest BCUT2D eigenvalue weighted by Crippen LogP contribution is -2.32. The predicted molar refractivity (Wildman–Crippen MR) is 86.5 cm³/mol. The molecule has 0 saturated carbocycles. The van der Waals surface area contributed by atoms with Crippen LogP contribution in [0.25, 0.3) is 0 Å². The molecular weight excluding hydrogens is 320 g/mol. The molecule has 0 N–H and O–H groups in total. The Morgan fingerprint density at radius 1 is 1.32 bits per heavy atom. The van der Waals surface area contributed by atoms with Gasteiger partial charge in [0.25, 0.3) is 0 Å². The minimum atomic E-state index is -0.0217. The van der Waals surface area contributed by atoms with E-state index in [1.165, 1.54) is 11.8 Å². The van der Waals surface area contributed by atoms with Crippen LogP contribution in [0.4, 0.5) is 0 Å². The summed E-state index contributed by atoms with van der Waals surface area (Å²) in [6.45, 7) is 0.784. The first-order valence-corrected chi connectivity index (χ1v) is 8.11. The summed E-state index contributed by atoms with van der Waals surface area (Å²) in [5, 5.41) is 9.40. The van der Waals surface area contributed by atoms with Gasteiger partial charge >= 0.3 is 0 Å². The molecule has 2 aromatic rings. The number of hydrogen-bond donors (Lipinski definition) is 0. The summed E-state index contributed by atoms with van der Waals surface area (Å²) in [5.74, 6) is 1.00. The summed E-state index contributed by atoms with van der Waals surface area (Å²) in [7, 11) is 0. The second-order valence-corrected chi connectivity index (χ2v) is 6.03. The van der Waals surface area contributed by atoms with Gasteiger partial charge in [0.15, 0.2) is 0 Å². The van der Waals surface area contributed by atoms with Gasteiger partial charge in [-0.1, -0.05) is 11.6 Å². The zero-order valence-electron chi connectivity index (χ0n) is 11.9. The molecular formula is C16H15ClN2O2S. The molecule has 0 radical (unpaired) electrons. The van der Waals surface area contributed by atoms with E-state index in [0.717, 1.165) is 4.90 Å². The van der Waals surface area contributed by atoms with Crippen LogP contribution in [-0.2, 0) is 11.3 Å². The molecule has 0 aliphatic carbocycles. The highest BCUT2D eigenvalue weighted by atomic mass is 35.5. The number of halogens is 1. The molecule has 6 heteroatoms. The van der Waals surface area contributed by atoms with Crippen LogP contribution in [0.2, 0.25) is 5.02 Å². The average Bonchev–Trinajstić information content (AvgIpc) is 3.03. The first kappa shape index (κ1) is 16.5. The number of nitriles is 1. The van der Waals surface area contributed by atoms with Crippen LogP contribution in [0.15, 0.2) is 52.0 Å². The van der Waals surface area contributed by atoms with Crippen molar-refractivity contribution in [3.63, 3.8) is 0 Å². The molecule has 0 spiro atoms. The number of hydrogen-bond acceptors (Lipinski definition) is 4. The van der Waals surface area contributed by atoms with Crippen LogP contribution in [0.3, 0.4) is 0 Å². The van der Waals surface area contributed by atoms with Gasteiger partial charge in [0.2, 0.25) is 5.91 Å². The molecule has 0 atom stereocenters. The molecule has 4 nitrogen and oxygen atoms in total. The summed E-state index contributed by atoms with van der Waals surface area (Å²) in [4.78, 5) is 15.0. The van der Waals surface area contributed by atoms with Crippen LogP contribution in [0.5, 0.6) is 0 Å². The maximum Gasteiger partial charge on any atom is 0.233 e. The lowest BCUT2D eigenvalue weighted by atomic mass is 10.3. The SMILES string of the molecule is N#CCCN(Cc1ccco1)C(=O)CSc1ccc(Cl)cc1. The lowest BCUT2D eigenvalue weighted by Gasteiger charge is -2.20. The van der Waals surface area contributed by atoms with Gasteiger partial charge < -0.3 is 9.32 Å². The Hall–Kier alpha value is -1.90. The van der Waals surface area contributed by atoms with E-state index >= 15 is 0 Å². The monoisotopic (exact) mass is 334 g/mol. The van der Waals surface area contributed by atoms with Gasteiger partial charge in [-0.3, -0.25) is 4.79 Å². The number of furan rings is 1. The quantitative estimate of drug-likeness (QED) is 0.719. The van der Waals surface area contributed by atoms with Gasteiger partial charge in [-0.2, -0.15) is 5.26 Å². The fraction of sp³-hybridized carbons (Fsp3) is 0.250. The molecule has 2 rings (SSSR count). The summed E-state index contributed by atoms with van der Waals surface area (Å²) in [6.07, 6.45) is 1.88. The van der Waals surface area contributed by atoms with Gasteiger partial charge in [0.1, 0.15) is 5.76 Å². The molecule has 22 heavy (non-hydrogen) atoms. The van der Waals surface area contributed by atoms with Crippen LogP contribution < -0.4 is 0 Å². The molecule has 1 aromatic carbocycles. The molecule has 0 fully saturated rings. The van der Waals surface area contributed by atoms with Crippen LogP contribution in [-0.4, -0.2) is 23.1 Å². The molecule has 0 bridgehead atoms. The number of benzene rings is 1. The molecule has 0 aliphatic rings. The molecule has 0 saturated heterocycles. The highest BCUT2D eigenvalue weighted by Crippen LogP contribution is 2.21. The van der Waals surface area contributed by atoms with Crippen molar-refractivity contribution < 1.29 is 9.21 Å². The second kappa shape index (κ2) is 8.52. The van der Waals surface area contributed by atoms with E-state index in [2.05, 4.69) is 6.07 Å². The fourth-order valence-corrected chi connectivity index (χ4v) is 2.76. The average molecular weight is 335 g/mol.